The molecule has 100 valence electrons. The molecule has 0 saturated carbocycles. The van der Waals surface area contributed by atoms with Gasteiger partial charge >= 0.3 is 0 Å². The molecule has 0 bridgehead atoms. The summed E-state index contributed by atoms with van der Waals surface area (Å²) >= 11 is 0. The van der Waals surface area contributed by atoms with E-state index in [0.717, 1.165) is 6.54 Å². The van der Waals surface area contributed by atoms with E-state index < -0.39 is 0 Å². The van der Waals surface area contributed by atoms with Gasteiger partial charge in [-0.3, -0.25) is 0 Å². The summed E-state index contributed by atoms with van der Waals surface area (Å²) in [6, 6.07) is 7.37. The van der Waals surface area contributed by atoms with E-state index in [9.17, 15) is 0 Å². The van der Waals surface area contributed by atoms with Crippen molar-refractivity contribution in [1.82, 2.24) is 4.90 Å². The van der Waals surface area contributed by atoms with Gasteiger partial charge in [0, 0.05) is 45.1 Å². The van der Waals surface area contributed by atoms with Gasteiger partial charge in [-0.2, -0.15) is 0 Å². The van der Waals surface area contributed by atoms with Crippen LogP contribution in [0.15, 0.2) is 18.2 Å². The first-order valence-corrected chi connectivity index (χ1v) is 6.69. The van der Waals surface area contributed by atoms with E-state index in [0.29, 0.717) is 6.04 Å². The Morgan fingerprint density at radius 3 is 2.50 bits per heavy atom. The molecule has 2 rings (SSSR count). The van der Waals surface area contributed by atoms with Gasteiger partial charge in [-0.1, -0.05) is 0 Å². The largest absolute Gasteiger partial charge is 0.378 e. The van der Waals surface area contributed by atoms with Gasteiger partial charge in [0.25, 0.3) is 0 Å². The molecule has 0 fully saturated rings. The smallest absolute Gasteiger partial charge is 0.0413 e. The quantitative estimate of drug-likeness (QED) is 0.795. The minimum atomic E-state index is 0.532. The van der Waals surface area contributed by atoms with Crippen molar-refractivity contribution >= 4 is 11.4 Å². The van der Waals surface area contributed by atoms with Gasteiger partial charge < -0.3 is 14.7 Å². The Morgan fingerprint density at radius 2 is 1.89 bits per heavy atom. The Kier molecular flexibility index (Phi) is 3.81. The zero-order valence-electron chi connectivity index (χ0n) is 12.3. The molecule has 0 radical (unpaired) electrons. The maximum atomic E-state index is 2.39. The fraction of sp³-hybridized carbons (Fsp3) is 0.600. The van der Waals surface area contributed by atoms with Crippen LogP contribution in [0.1, 0.15) is 24.4 Å². The number of rotatable bonds is 2. The average Bonchev–Trinajstić information content (AvgIpc) is 2.48. The SMILES string of the molecule is CN(C)c1ccc2c(c1)C(N(C)C)CCCN2C. The van der Waals surface area contributed by atoms with Crippen molar-refractivity contribution in [3.63, 3.8) is 0 Å². The molecule has 1 aliphatic heterocycles. The average molecular weight is 247 g/mol. The third kappa shape index (κ3) is 2.46. The van der Waals surface area contributed by atoms with Crippen molar-refractivity contribution in [3.8, 4) is 0 Å². The second-order valence-electron chi connectivity index (χ2n) is 5.68. The maximum absolute atomic E-state index is 2.39. The van der Waals surface area contributed by atoms with Crippen LogP contribution in [0.25, 0.3) is 0 Å². The van der Waals surface area contributed by atoms with Gasteiger partial charge in [0.1, 0.15) is 0 Å². The van der Waals surface area contributed by atoms with Crippen LogP contribution in [0.3, 0.4) is 0 Å². The summed E-state index contributed by atoms with van der Waals surface area (Å²) in [4.78, 5) is 6.91. The second kappa shape index (κ2) is 5.19. The Labute approximate surface area is 111 Å². The van der Waals surface area contributed by atoms with Crippen LogP contribution >= 0.6 is 0 Å². The normalized spacial score (nSPS) is 19.7. The predicted octanol–water partition coefficient (Wildman–Crippen LogP) is 2.59. The van der Waals surface area contributed by atoms with E-state index in [-0.39, 0.29) is 0 Å². The molecular weight excluding hydrogens is 222 g/mol. The zero-order chi connectivity index (χ0) is 13.3. The Hall–Kier alpha value is -1.22. The highest BCUT2D eigenvalue weighted by Crippen LogP contribution is 2.36. The lowest BCUT2D eigenvalue weighted by molar-refractivity contribution is 0.284. The summed E-state index contributed by atoms with van der Waals surface area (Å²) in [7, 11) is 10.8. The van der Waals surface area contributed by atoms with Crippen LogP contribution < -0.4 is 9.80 Å². The number of nitrogens with zero attached hydrogens (tertiary/aromatic N) is 3. The molecule has 0 saturated heterocycles. The topological polar surface area (TPSA) is 9.72 Å². The second-order valence-corrected chi connectivity index (χ2v) is 5.68. The Bertz CT molecular complexity index is 412. The molecule has 1 aliphatic rings. The van der Waals surface area contributed by atoms with Crippen LogP contribution in [-0.2, 0) is 0 Å². The molecule has 0 amide bonds. The maximum Gasteiger partial charge on any atom is 0.0413 e. The van der Waals surface area contributed by atoms with E-state index in [2.05, 4.69) is 68.1 Å². The molecule has 0 aliphatic carbocycles. The van der Waals surface area contributed by atoms with Crippen molar-refractivity contribution in [3.05, 3.63) is 23.8 Å². The fourth-order valence-electron chi connectivity index (χ4n) is 2.77. The highest BCUT2D eigenvalue weighted by molar-refractivity contribution is 5.62. The summed E-state index contributed by atoms with van der Waals surface area (Å²) in [5.41, 5.74) is 4.14. The van der Waals surface area contributed by atoms with E-state index >= 15 is 0 Å². The third-order valence-electron chi connectivity index (χ3n) is 3.89. The van der Waals surface area contributed by atoms with Gasteiger partial charge in [-0.15, -0.1) is 0 Å². The first-order chi connectivity index (χ1) is 8.50. The molecule has 18 heavy (non-hydrogen) atoms. The van der Waals surface area contributed by atoms with E-state index in [1.807, 2.05) is 0 Å². The molecule has 1 heterocycles. The molecular formula is C15H25N3. The number of fused-ring (bicyclic) bond motifs is 1. The summed E-state index contributed by atoms with van der Waals surface area (Å²) in [5, 5.41) is 0. The monoisotopic (exact) mass is 247 g/mol. The van der Waals surface area contributed by atoms with Crippen molar-refractivity contribution in [2.75, 3.05) is 51.6 Å². The van der Waals surface area contributed by atoms with E-state index in [1.54, 1.807) is 0 Å². The molecule has 3 nitrogen and oxygen atoms in total. The van der Waals surface area contributed by atoms with Gasteiger partial charge in [0.2, 0.25) is 0 Å². The fourth-order valence-corrected chi connectivity index (χ4v) is 2.77. The summed E-state index contributed by atoms with van der Waals surface area (Å²) in [5.74, 6) is 0. The number of benzene rings is 1. The van der Waals surface area contributed by atoms with Crippen LogP contribution in [-0.4, -0.2) is 46.7 Å². The molecule has 0 aromatic heterocycles. The van der Waals surface area contributed by atoms with Crippen molar-refractivity contribution < 1.29 is 0 Å². The van der Waals surface area contributed by atoms with Crippen LogP contribution in [0, 0.1) is 0 Å². The molecule has 1 atom stereocenters. The van der Waals surface area contributed by atoms with Crippen molar-refractivity contribution in [1.29, 1.82) is 0 Å². The van der Waals surface area contributed by atoms with Crippen molar-refractivity contribution in [2.45, 2.75) is 18.9 Å². The van der Waals surface area contributed by atoms with Gasteiger partial charge in [0.15, 0.2) is 0 Å². The highest BCUT2D eigenvalue weighted by Gasteiger charge is 2.23. The first kappa shape index (κ1) is 13.2. The molecule has 3 heteroatoms. The number of hydrogen-bond donors (Lipinski definition) is 0. The number of anilines is 2. The van der Waals surface area contributed by atoms with Gasteiger partial charge in [0.05, 0.1) is 0 Å². The Balaban J connectivity index is 2.49. The van der Waals surface area contributed by atoms with Crippen molar-refractivity contribution in [2.24, 2.45) is 0 Å². The van der Waals surface area contributed by atoms with Gasteiger partial charge in [-0.25, -0.2) is 0 Å². The van der Waals surface area contributed by atoms with Crippen LogP contribution in [0.2, 0.25) is 0 Å². The summed E-state index contributed by atoms with van der Waals surface area (Å²) in [6.07, 6.45) is 2.49. The molecule has 1 unspecified atom stereocenters. The molecule has 1 aromatic carbocycles. The lowest BCUT2D eigenvalue weighted by Crippen LogP contribution is -2.21. The summed E-state index contributed by atoms with van der Waals surface area (Å²) in [6.45, 7) is 1.15. The van der Waals surface area contributed by atoms with Gasteiger partial charge in [-0.05, 0) is 50.7 Å². The minimum absolute atomic E-state index is 0.532. The first-order valence-electron chi connectivity index (χ1n) is 6.69. The number of hydrogen-bond acceptors (Lipinski definition) is 3. The Morgan fingerprint density at radius 1 is 1.17 bits per heavy atom. The lowest BCUT2D eigenvalue weighted by atomic mass is 10.00. The van der Waals surface area contributed by atoms with Crippen LogP contribution in [0.5, 0.6) is 0 Å². The lowest BCUT2D eigenvalue weighted by Gasteiger charge is -2.27. The zero-order valence-corrected chi connectivity index (χ0v) is 12.3. The van der Waals surface area contributed by atoms with Crippen LogP contribution in [0.4, 0.5) is 11.4 Å². The summed E-state index contributed by atoms with van der Waals surface area (Å²) < 4.78 is 0. The molecule has 0 spiro atoms. The van der Waals surface area contributed by atoms with E-state index in [1.165, 1.54) is 29.8 Å². The van der Waals surface area contributed by atoms with E-state index in [4.69, 9.17) is 0 Å². The standard InChI is InChI=1S/C15H25N3/c1-16(2)12-8-9-15-13(11-12)14(17(3)4)7-6-10-18(15)5/h8-9,11,14H,6-7,10H2,1-5H3. The molecule has 0 N–H and O–H groups in total. The molecule has 1 aromatic rings. The third-order valence-corrected chi connectivity index (χ3v) is 3.89. The minimum Gasteiger partial charge on any atom is -0.378 e. The predicted molar refractivity (Wildman–Crippen MR) is 79.7 cm³/mol. The highest BCUT2D eigenvalue weighted by atomic mass is 15.1.